The molecule has 0 aromatic heterocycles. The van der Waals surface area contributed by atoms with Gasteiger partial charge in [0.15, 0.2) is 0 Å². The van der Waals surface area contributed by atoms with E-state index in [1.165, 1.54) is 0 Å². The number of alkyl halides is 3. The maximum atomic E-state index is 11.4. The number of rotatable bonds is 0. The molecule has 13 heavy (non-hydrogen) atoms. The Balaban J connectivity index is 2.59. The average Bonchev–Trinajstić information content (AvgIpc) is 2.04. The third-order valence-corrected chi connectivity index (χ3v) is 1.14. The monoisotopic (exact) mass is 186 g/mol. The fraction of sp³-hybridized carbons (Fsp3) is 0.111. The minimum atomic E-state index is -4.69. The molecule has 0 aliphatic heterocycles. The highest BCUT2D eigenvalue weighted by molar-refractivity contribution is 5.32. The molecule has 0 aliphatic rings. The predicted octanol–water partition coefficient (Wildman–Crippen LogP) is 2.53. The summed E-state index contributed by atoms with van der Waals surface area (Å²) in [5.74, 6) is 2.21. The molecular formula is C9H5F3O. The Bertz CT molecular complexity index is 318. The first-order valence-corrected chi connectivity index (χ1v) is 3.39. The van der Waals surface area contributed by atoms with Gasteiger partial charge in [0.2, 0.25) is 0 Å². The fourth-order valence-electron chi connectivity index (χ4n) is 0.664. The van der Waals surface area contributed by atoms with Crippen LogP contribution in [-0.4, -0.2) is 6.36 Å². The molecule has 0 N–H and O–H groups in total. The molecule has 68 valence electrons. The van der Waals surface area contributed by atoms with Crippen LogP contribution in [0, 0.1) is 12.0 Å². The summed E-state index contributed by atoms with van der Waals surface area (Å²) >= 11 is 0. The molecule has 0 spiro atoms. The Morgan fingerprint density at radius 2 is 1.69 bits per heavy atom. The zero-order chi connectivity index (χ0) is 9.73. The molecule has 0 unspecified atom stereocenters. The van der Waals surface area contributed by atoms with Crippen molar-refractivity contribution in [1.82, 2.24) is 0 Å². The molecule has 0 amide bonds. The molecule has 1 aromatic rings. The van der Waals surface area contributed by atoms with Gasteiger partial charge in [-0.1, -0.05) is 18.2 Å². The van der Waals surface area contributed by atoms with Gasteiger partial charge in [-0.2, -0.15) is 0 Å². The number of benzene rings is 1. The molecule has 0 fully saturated rings. The Hall–Kier alpha value is -1.63. The molecule has 0 bridgehead atoms. The summed E-state index contributed by atoms with van der Waals surface area (Å²) in [5, 5.41) is 0. The number of halogens is 3. The van der Waals surface area contributed by atoms with Crippen LogP contribution in [0.25, 0.3) is 0 Å². The third-order valence-electron chi connectivity index (χ3n) is 1.14. The molecular weight excluding hydrogens is 181 g/mol. The van der Waals surface area contributed by atoms with Gasteiger partial charge in [0.25, 0.3) is 0 Å². The van der Waals surface area contributed by atoms with Gasteiger partial charge < -0.3 is 4.74 Å². The topological polar surface area (TPSA) is 9.23 Å². The second-order valence-corrected chi connectivity index (χ2v) is 2.14. The van der Waals surface area contributed by atoms with Gasteiger partial charge in [0, 0.05) is 5.56 Å². The van der Waals surface area contributed by atoms with Gasteiger partial charge in [0.1, 0.15) is 6.11 Å². The van der Waals surface area contributed by atoms with Crippen molar-refractivity contribution in [3.63, 3.8) is 0 Å². The minimum Gasteiger partial charge on any atom is -0.352 e. The summed E-state index contributed by atoms with van der Waals surface area (Å²) in [5.41, 5.74) is 0.478. The van der Waals surface area contributed by atoms with Crippen molar-refractivity contribution in [3.8, 4) is 12.0 Å². The van der Waals surface area contributed by atoms with Crippen molar-refractivity contribution in [1.29, 1.82) is 0 Å². The van der Waals surface area contributed by atoms with Crippen molar-refractivity contribution in [2.75, 3.05) is 0 Å². The van der Waals surface area contributed by atoms with E-state index < -0.39 is 6.36 Å². The quantitative estimate of drug-likeness (QED) is 0.565. The van der Waals surface area contributed by atoms with E-state index >= 15 is 0 Å². The van der Waals surface area contributed by atoms with Crippen LogP contribution in [-0.2, 0) is 4.74 Å². The van der Waals surface area contributed by atoms with E-state index in [1.54, 1.807) is 36.4 Å². The average molecular weight is 186 g/mol. The van der Waals surface area contributed by atoms with E-state index in [0.29, 0.717) is 5.56 Å². The van der Waals surface area contributed by atoms with Crippen LogP contribution >= 0.6 is 0 Å². The zero-order valence-corrected chi connectivity index (χ0v) is 6.43. The second kappa shape index (κ2) is 3.85. The van der Waals surface area contributed by atoms with E-state index in [4.69, 9.17) is 0 Å². The second-order valence-electron chi connectivity index (χ2n) is 2.14. The predicted molar refractivity (Wildman–Crippen MR) is 40.5 cm³/mol. The van der Waals surface area contributed by atoms with Crippen LogP contribution in [0.1, 0.15) is 5.56 Å². The van der Waals surface area contributed by atoms with Gasteiger partial charge in [-0.15, -0.1) is 13.2 Å². The van der Waals surface area contributed by atoms with E-state index in [2.05, 4.69) is 10.7 Å². The van der Waals surface area contributed by atoms with Crippen molar-refractivity contribution in [3.05, 3.63) is 35.9 Å². The molecule has 1 nitrogen and oxygen atoms in total. The number of hydrogen-bond acceptors (Lipinski definition) is 1. The molecule has 0 heterocycles. The molecule has 0 atom stereocenters. The van der Waals surface area contributed by atoms with Crippen molar-refractivity contribution in [2.45, 2.75) is 6.36 Å². The van der Waals surface area contributed by atoms with Gasteiger partial charge in [-0.3, -0.25) is 0 Å². The lowest BCUT2D eigenvalue weighted by atomic mass is 10.2. The first-order chi connectivity index (χ1) is 6.08. The molecule has 0 saturated carbocycles. The molecule has 0 saturated heterocycles. The molecule has 0 aliphatic carbocycles. The lowest BCUT2D eigenvalue weighted by Gasteiger charge is -1.98. The molecule has 1 aromatic carbocycles. The summed E-state index contributed by atoms with van der Waals surface area (Å²) in [6, 6.07) is 8.28. The van der Waals surface area contributed by atoms with E-state index in [1.807, 2.05) is 0 Å². The van der Waals surface area contributed by atoms with Crippen LogP contribution in [0.4, 0.5) is 13.2 Å². The summed E-state index contributed by atoms with van der Waals surface area (Å²) in [4.78, 5) is 0. The van der Waals surface area contributed by atoms with Crippen LogP contribution in [0.3, 0.4) is 0 Å². The van der Waals surface area contributed by atoms with Gasteiger partial charge in [-0.05, 0) is 18.1 Å². The third kappa shape index (κ3) is 4.06. The smallest absolute Gasteiger partial charge is 0.352 e. The molecule has 1 rings (SSSR count). The fourth-order valence-corrected chi connectivity index (χ4v) is 0.664. The Kier molecular flexibility index (Phi) is 2.80. The van der Waals surface area contributed by atoms with Crippen LogP contribution in [0.15, 0.2) is 30.3 Å². The summed E-state index contributed by atoms with van der Waals surface area (Å²) < 4.78 is 37.6. The first-order valence-electron chi connectivity index (χ1n) is 3.39. The van der Waals surface area contributed by atoms with E-state index in [-0.39, 0.29) is 0 Å². The van der Waals surface area contributed by atoms with Crippen LogP contribution in [0.2, 0.25) is 0 Å². The van der Waals surface area contributed by atoms with E-state index in [9.17, 15) is 13.2 Å². The SMILES string of the molecule is FC(F)(F)OC#Cc1ccccc1. The highest BCUT2D eigenvalue weighted by atomic mass is 19.4. The van der Waals surface area contributed by atoms with Crippen molar-refractivity contribution in [2.24, 2.45) is 0 Å². The van der Waals surface area contributed by atoms with Gasteiger partial charge in [0.05, 0.1) is 0 Å². The summed E-state index contributed by atoms with van der Waals surface area (Å²) in [7, 11) is 0. The first kappa shape index (κ1) is 9.46. The van der Waals surface area contributed by atoms with Crippen molar-refractivity contribution >= 4 is 0 Å². The number of ether oxygens (including phenoxy) is 1. The Labute approximate surface area is 73.1 Å². The van der Waals surface area contributed by atoms with Crippen LogP contribution < -0.4 is 0 Å². The maximum Gasteiger partial charge on any atom is 0.581 e. The van der Waals surface area contributed by atoms with Gasteiger partial charge in [-0.25, -0.2) is 0 Å². The zero-order valence-electron chi connectivity index (χ0n) is 6.43. The summed E-state index contributed by atoms with van der Waals surface area (Å²) in [6.07, 6.45) is -3.13. The minimum absolute atomic E-state index is 0.478. The highest BCUT2D eigenvalue weighted by Gasteiger charge is 2.29. The molecule has 4 heteroatoms. The Morgan fingerprint density at radius 1 is 1.08 bits per heavy atom. The maximum absolute atomic E-state index is 11.4. The number of hydrogen-bond donors (Lipinski definition) is 0. The van der Waals surface area contributed by atoms with Gasteiger partial charge >= 0.3 is 6.36 Å². The van der Waals surface area contributed by atoms with E-state index in [0.717, 1.165) is 0 Å². The standard InChI is InChI=1S/C9H5F3O/c10-9(11,12)13-7-6-8-4-2-1-3-5-8/h1-5H. The molecule has 0 radical (unpaired) electrons. The van der Waals surface area contributed by atoms with Crippen molar-refractivity contribution < 1.29 is 17.9 Å². The van der Waals surface area contributed by atoms with Crippen LogP contribution in [0.5, 0.6) is 0 Å². The Morgan fingerprint density at radius 3 is 2.23 bits per heavy atom. The normalized spacial score (nSPS) is 10.1. The largest absolute Gasteiger partial charge is 0.581 e. The summed E-state index contributed by atoms with van der Waals surface area (Å²) in [6.45, 7) is 0. The highest BCUT2D eigenvalue weighted by Crippen LogP contribution is 2.14. The lowest BCUT2D eigenvalue weighted by Crippen LogP contribution is -2.08. The lowest BCUT2D eigenvalue weighted by molar-refractivity contribution is -0.291.